The number of carbonyl (C=O) groups excluding carboxylic acids is 1. The van der Waals surface area contributed by atoms with E-state index in [1.54, 1.807) is 4.68 Å². The van der Waals surface area contributed by atoms with E-state index in [4.69, 9.17) is 4.74 Å². The number of hydrogen-bond donors (Lipinski definition) is 0. The quantitative estimate of drug-likeness (QED) is 0.492. The van der Waals surface area contributed by atoms with Crippen LogP contribution in [-0.2, 0) is 13.2 Å². The topological polar surface area (TPSA) is 57.0 Å². The number of unbranched alkanes of at least 4 members (excludes halogenated alkanes) is 4. The van der Waals surface area contributed by atoms with Gasteiger partial charge < -0.3 is 4.74 Å². The molecule has 5 heteroatoms. The normalized spacial score (nSPS) is 10.7. The summed E-state index contributed by atoms with van der Waals surface area (Å²) in [6.45, 7) is 5.32. The average molecular weight is 315 g/mol. The molecule has 0 unspecified atom stereocenters. The summed E-state index contributed by atoms with van der Waals surface area (Å²) in [4.78, 5) is 11.1. The van der Waals surface area contributed by atoms with Crippen LogP contribution in [0.15, 0.2) is 24.3 Å². The molecule has 0 spiro atoms. The fourth-order valence-corrected chi connectivity index (χ4v) is 2.42. The summed E-state index contributed by atoms with van der Waals surface area (Å²) in [6.07, 6.45) is 6.69. The lowest BCUT2D eigenvalue weighted by molar-refractivity contribution is 0.111. The molecule has 1 aromatic heterocycles. The zero-order valence-corrected chi connectivity index (χ0v) is 14.0. The van der Waals surface area contributed by atoms with Gasteiger partial charge in [0.2, 0.25) is 0 Å². The van der Waals surface area contributed by atoms with E-state index >= 15 is 0 Å². The van der Waals surface area contributed by atoms with E-state index in [0.29, 0.717) is 12.3 Å². The Labute approximate surface area is 137 Å². The number of nitrogens with zero attached hydrogens (tertiary/aromatic N) is 3. The van der Waals surface area contributed by atoms with Crippen molar-refractivity contribution in [2.45, 2.75) is 59.1 Å². The third kappa shape index (κ3) is 5.20. The van der Waals surface area contributed by atoms with Crippen molar-refractivity contribution in [3.05, 3.63) is 41.2 Å². The molecule has 0 aliphatic carbocycles. The highest BCUT2D eigenvalue weighted by Crippen LogP contribution is 2.15. The van der Waals surface area contributed by atoms with Gasteiger partial charge in [0.05, 0.1) is 0 Å². The second-order valence-electron chi connectivity index (χ2n) is 5.78. The van der Waals surface area contributed by atoms with E-state index in [-0.39, 0.29) is 0 Å². The molecule has 0 radical (unpaired) electrons. The van der Waals surface area contributed by atoms with Crippen molar-refractivity contribution in [3.63, 3.8) is 0 Å². The molecule has 0 aliphatic rings. The number of aromatic nitrogens is 3. The van der Waals surface area contributed by atoms with Gasteiger partial charge in [0.15, 0.2) is 12.0 Å². The number of carbonyl (C=O) groups is 1. The van der Waals surface area contributed by atoms with Gasteiger partial charge in [-0.05, 0) is 25.5 Å². The molecule has 0 atom stereocenters. The number of benzene rings is 1. The van der Waals surface area contributed by atoms with Crippen molar-refractivity contribution in [3.8, 4) is 5.75 Å². The van der Waals surface area contributed by atoms with Gasteiger partial charge in [-0.2, -0.15) is 0 Å². The van der Waals surface area contributed by atoms with Crippen LogP contribution in [0.2, 0.25) is 0 Å². The Morgan fingerprint density at radius 2 is 1.87 bits per heavy atom. The fourth-order valence-electron chi connectivity index (χ4n) is 2.42. The van der Waals surface area contributed by atoms with Gasteiger partial charge >= 0.3 is 0 Å². The van der Waals surface area contributed by atoms with Crippen LogP contribution in [0.5, 0.6) is 5.75 Å². The van der Waals surface area contributed by atoms with E-state index in [1.165, 1.54) is 31.2 Å². The second-order valence-corrected chi connectivity index (χ2v) is 5.78. The first kappa shape index (κ1) is 17.2. The largest absolute Gasteiger partial charge is 0.487 e. The standard InChI is InChI=1S/C18H25N3O2/c1-3-4-5-6-7-12-21-18(17(13-22)19-20-21)14-23-16-10-8-15(2)9-11-16/h8-11,13H,3-7,12,14H2,1-2H3. The highest BCUT2D eigenvalue weighted by atomic mass is 16.5. The van der Waals surface area contributed by atoms with Crippen LogP contribution in [0.4, 0.5) is 0 Å². The van der Waals surface area contributed by atoms with E-state index < -0.39 is 0 Å². The molecular formula is C18H25N3O2. The average Bonchev–Trinajstić information content (AvgIpc) is 2.96. The van der Waals surface area contributed by atoms with Crippen LogP contribution in [0.3, 0.4) is 0 Å². The molecule has 1 heterocycles. The zero-order chi connectivity index (χ0) is 16.5. The number of ether oxygens (including phenoxy) is 1. The first-order valence-corrected chi connectivity index (χ1v) is 8.31. The summed E-state index contributed by atoms with van der Waals surface area (Å²) in [7, 11) is 0. The first-order valence-electron chi connectivity index (χ1n) is 8.31. The molecule has 0 bridgehead atoms. The molecule has 0 N–H and O–H groups in total. The van der Waals surface area contributed by atoms with Crippen molar-refractivity contribution in [1.82, 2.24) is 15.0 Å². The molecule has 0 amide bonds. The predicted molar refractivity (Wildman–Crippen MR) is 89.7 cm³/mol. The number of hydrogen-bond acceptors (Lipinski definition) is 4. The van der Waals surface area contributed by atoms with Gasteiger partial charge in [-0.1, -0.05) is 55.5 Å². The Kier molecular flexibility index (Phi) is 6.78. The maximum Gasteiger partial charge on any atom is 0.172 e. The number of aldehydes is 1. The Morgan fingerprint density at radius 1 is 1.13 bits per heavy atom. The van der Waals surface area contributed by atoms with Crippen LogP contribution < -0.4 is 4.74 Å². The maximum atomic E-state index is 11.1. The minimum atomic E-state index is 0.305. The third-order valence-electron chi connectivity index (χ3n) is 3.85. The fraction of sp³-hybridized carbons (Fsp3) is 0.500. The Balaban J connectivity index is 1.94. The van der Waals surface area contributed by atoms with Gasteiger partial charge in [-0.25, -0.2) is 4.68 Å². The molecule has 5 nitrogen and oxygen atoms in total. The summed E-state index contributed by atoms with van der Waals surface area (Å²) < 4.78 is 7.57. The van der Waals surface area contributed by atoms with Crippen LogP contribution in [-0.4, -0.2) is 21.3 Å². The van der Waals surface area contributed by atoms with E-state index in [0.717, 1.165) is 30.7 Å². The highest BCUT2D eigenvalue weighted by molar-refractivity contribution is 5.73. The molecule has 0 aliphatic heterocycles. The van der Waals surface area contributed by atoms with Crippen LogP contribution >= 0.6 is 0 Å². The Morgan fingerprint density at radius 3 is 2.57 bits per heavy atom. The Bertz CT molecular complexity index is 605. The summed E-state index contributed by atoms with van der Waals surface area (Å²) in [5, 5.41) is 8.03. The van der Waals surface area contributed by atoms with E-state index in [1.807, 2.05) is 31.2 Å². The lowest BCUT2D eigenvalue weighted by atomic mass is 10.1. The molecule has 23 heavy (non-hydrogen) atoms. The van der Waals surface area contributed by atoms with Crippen molar-refractivity contribution in [1.29, 1.82) is 0 Å². The maximum absolute atomic E-state index is 11.1. The number of rotatable bonds is 10. The second kappa shape index (κ2) is 9.08. The van der Waals surface area contributed by atoms with Crippen molar-refractivity contribution >= 4 is 6.29 Å². The van der Waals surface area contributed by atoms with E-state index in [2.05, 4.69) is 17.2 Å². The van der Waals surface area contributed by atoms with E-state index in [9.17, 15) is 4.79 Å². The lowest BCUT2D eigenvalue weighted by Crippen LogP contribution is -2.09. The molecule has 0 fully saturated rings. The van der Waals surface area contributed by atoms with Gasteiger partial charge in [0.25, 0.3) is 0 Å². The molecule has 2 aromatic rings. The van der Waals surface area contributed by atoms with Crippen LogP contribution in [0, 0.1) is 6.92 Å². The number of aryl methyl sites for hydroxylation is 2. The van der Waals surface area contributed by atoms with Gasteiger partial charge in [0.1, 0.15) is 18.1 Å². The molecule has 124 valence electrons. The predicted octanol–water partition coefficient (Wildman–Crippen LogP) is 3.95. The monoisotopic (exact) mass is 315 g/mol. The van der Waals surface area contributed by atoms with Gasteiger partial charge in [-0.3, -0.25) is 4.79 Å². The Hall–Kier alpha value is -2.17. The molecule has 1 aromatic carbocycles. The molecule has 2 rings (SSSR count). The lowest BCUT2D eigenvalue weighted by Gasteiger charge is -2.09. The summed E-state index contributed by atoms with van der Waals surface area (Å²) in [6, 6.07) is 7.85. The van der Waals surface area contributed by atoms with Gasteiger partial charge in [-0.15, -0.1) is 5.10 Å². The minimum absolute atomic E-state index is 0.305. The highest BCUT2D eigenvalue weighted by Gasteiger charge is 2.13. The molecule has 0 saturated carbocycles. The van der Waals surface area contributed by atoms with Crippen molar-refractivity contribution in [2.75, 3.05) is 0 Å². The summed E-state index contributed by atoms with van der Waals surface area (Å²) in [5.74, 6) is 0.781. The third-order valence-corrected chi connectivity index (χ3v) is 3.85. The minimum Gasteiger partial charge on any atom is -0.487 e. The van der Waals surface area contributed by atoms with Crippen LogP contribution in [0.25, 0.3) is 0 Å². The first-order chi connectivity index (χ1) is 11.2. The SMILES string of the molecule is CCCCCCCn1nnc(C=O)c1COc1ccc(C)cc1. The summed E-state index contributed by atoms with van der Waals surface area (Å²) >= 11 is 0. The summed E-state index contributed by atoms with van der Waals surface area (Å²) in [5.41, 5.74) is 2.30. The van der Waals surface area contributed by atoms with Crippen molar-refractivity contribution in [2.24, 2.45) is 0 Å². The van der Waals surface area contributed by atoms with Crippen LogP contribution in [0.1, 0.15) is 60.8 Å². The van der Waals surface area contributed by atoms with Gasteiger partial charge in [0, 0.05) is 6.54 Å². The molecular weight excluding hydrogens is 290 g/mol. The zero-order valence-electron chi connectivity index (χ0n) is 14.0. The van der Waals surface area contributed by atoms with Crippen molar-refractivity contribution < 1.29 is 9.53 Å². The smallest absolute Gasteiger partial charge is 0.172 e. The molecule has 0 saturated heterocycles.